The third kappa shape index (κ3) is 3.97. The standard InChI is InChI=1S/C15H23N3O2/c1-2-5-14(19)18-9-4-6-12(11-18)10-17-15(20)13-7-3-8-16-13/h1,12-13,16H,3-11H2,(H,17,20). The summed E-state index contributed by atoms with van der Waals surface area (Å²) < 4.78 is 0. The monoisotopic (exact) mass is 277 g/mol. The molecule has 2 rings (SSSR count). The average Bonchev–Trinajstić information content (AvgIpc) is 2.99. The highest BCUT2D eigenvalue weighted by Gasteiger charge is 2.25. The lowest BCUT2D eigenvalue weighted by molar-refractivity contribution is -0.131. The minimum Gasteiger partial charge on any atom is -0.354 e. The van der Waals surface area contributed by atoms with Crippen LogP contribution in [0.25, 0.3) is 0 Å². The van der Waals surface area contributed by atoms with Crippen molar-refractivity contribution in [3.05, 3.63) is 0 Å². The largest absolute Gasteiger partial charge is 0.354 e. The number of nitrogens with one attached hydrogen (secondary N) is 2. The van der Waals surface area contributed by atoms with Crippen molar-refractivity contribution in [1.82, 2.24) is 15.5 Å². The molecule has 2 fully saturated rings. The molecule has 0 aliphatic carbocycles. The normalized spacial score (nSPS) is 26.1. The van der Waals surface area contributed by atoms with Crippen LogP contribution in [0.4, 0.5) is 0 Å². The van der Waals surface area contributed by atoms with Crippen LogP contribution in [0.2, 0.25) is 0 Å². The summed E-state index contributed by atoms with van der Waals surface area (Å²) in [6.07, 6.45) is 9.37. The Morgan fingerprint density at radius 1 is 1.35 bits per heavy atom. The Hall–Kier alpha value is -1.54. The van der Waals surface area contributed by atoms with Crippen LogP contribution < -0.4 is 10.6 Å². The van der Waals surface area contributed by atoms with Gasteiger partial charge in [0, 0.05) is 19.6 Å². The number of piperidine rings is 1. The van der Waals surface area contributed by atoms with E-state index >= 15 is 0 Å². The number of carbonyl (C=O) groups is 2. The minimum atomic E-state index is -0.0298. The summed E-state index contributed by atoms with van der Waals surface area (Å²) in [5.41, 5.74) is 0. The van der Waals surface area contributed by atoms with Crippen molar-refractivity contribution < 1.29 is 9.59 Å². The zero-order valence-electron chi connectivity index (χ0n) is 11.9. The van der Waals surface area contributed by atoms with Crippen LogP contribution in [-0.4, -0.2) is 48.9 Å². The van der Waals surface area contributed by atoms with Crippen molar-refractivity contribution in [2.45, 2.75) is 38.1 Å². The number of carbonyl (C=O) groups excluding carboxylic acids is 2. The molecule has 2 atom stereocenters. The third-order valence-corrected chi connectivity index (χ3v) is 4.07. The summed E-state index contributed by atoms with van der Waals surface area (Å²) >= 11 is 0. The van der Waals surface area contributed by atoms with Gasteiger partial charge in [0.05, 0.1) is 12.5 Å². The smallest absolute Gasteiger partial charge is 0.237 e. The van der Waals surface area contributed by atoms with Crippen molar-refractivity contribution in [2.75, 3.05) is 26.2 Å². The summed E-state index contributed by atoms with van der Waals surface area (Å²) in [5, 5.41) is 6.20. The van der Waals surface area contributed by atoms with Crippen LogP contribution in [0.1, 0.15) is 32.1 Å². The molecule has 0 aromatic carbocycles. The highest BCUT2D eigenvalue weighted by atomic mass is 16.2. The van der Waals surface area contributed by atoms with Gasteiger partial charge in [-0.2, -0.15) is 0 Å². The molecule has 0 aromatic rings. The number of hydrogen-bond donors (Lipinski definition) is 2. The number of rotatable bonds is 4. The lowest BCUT2D eigenvalue weighted by Crippen LogP contribution is -2.46. The lowest BCUT2D eigenvalue weighted by Gasteiger charge is -2.32. The summed E-state index contributed by atoms with van der Waals surface area (Å²) in [6, 6.07) is -0.0298. The second-order valence-electron chi connectivity index (χ2n) is 5.62. The van der Waals surface area contributed by atoms with E-state index in [0.717, 1.165) is 38.8 Å². The van der Waals surface area contributed by atoms with Crippen LogP contribution in [0.15, 0.2) is 0 Å². The van der Waals surface area contributed by atoms with Gasteiger partial charge in [-0.3, -0.25) is 9.59 Å². The Kier molecular flexibility index (Phi) is 5.42. The third-order valence-electron chi connectivity index (χ3n) is 4.07. The molecule has 0 bridgehead atoms. The number of likely N-dealkylation sites (tertiary alicyclic amines) is 1. The Bertz CT molecular complexity index is 396. The lowest BCUT2D eigenvalue weighted by atomic mass is 9.97. The van der Waals surface area contributed by atoms with Crippen molar-refractivity contribution in [1.29, 1.82) is 0 Å². The molecule has 5 heteroatoms. The molecular formula is C15H23N3O2. The van der Waals surface area contributed by atoms with Gasteiger partial charge in [-0.05, 0) is 38.1 Å². The maximum absolute atomic E-state index is 11.9. The SMILES string of the molecule is C#CCC(=O)N1CCCC(CNC(=O)C2CCCN2)C1. The molecule has 2 saturated heterocycles. The predicted octanol–water partition coefficient (Wildman–Crippen LogP) is 0.117. The van der Waals surface area contributed by atoms with E-state index in [4.69, 9.17) is 6.42 Å². The zero-order valence-corrected chi connectivity index (χ0v) is 11.9. The minimum absolute atomic E-state index is 0.0287. The summed E-state index contributed by atoms with van der Waals surface area (Å²) in [7, 11) is 0. The molecule has 0 spiro atoms. The number of terminal acetylenes is 1. The Labute approximate surface area is 120 Å². The fourth-order valence-electron chi connectivity index (χ4n) is 2.93. The molecule has 0 aromatic heterocycles. The molecule has 0 radical (unpaired) electrons. The second-order valence-corrected chi connectivity index (χ2v) is 5.62. The van der Waals surface area contributed by atoms with Gasteiger partial charge in [0.1, 0.15) is 0 Å². The first-order valence-electron chi connectivity index (χ1n) is 7.43. The van der Waals surface area contributed by atoms with E-state index in [1.54, 1.807) is 0 Å². The van der Waals surface area contributed by atoms with Gasteiger partial charge >= 0.3 is 0 Å². The van der Waals surface area contributed by atoms with Crippen LogP contribution in [0.3, 0.4) is 0 Å². The Morgan fingerprint density at radius 3 is 2.90 bits per heavy atom. The molecule has 2 aliphatic heterocycles. The highest BCUT2D eigenvalue weighted by Crippen LogP contribution is 2.16. The number of hydrogen-bond acceptors (Lipinski definition) is 3. The molecule has 2 heterocycles. The van der Waals surface area contributed by atoms with E-state index in [1.165, 1.54) is 0 Å². The van der Waals surface area contributed by atoms with Gasteiger partial charge in [0.15, 0.2) is 0 Å². The van der Waals surface area contributed by atoms with Gasteiger partial charge < -0.3 is 15.5 Å². The zero-order chi connectivity index (χ0) is 14.4. The number of nitrogens with zero attached hydrogens (tertiary/aromatic N) is 1. The van der Waals surface area contributed by atoms with Crippen LogP contribution in [-0.2, 0) is 9.59 Å². The summed E-state index contributed by atoms with van der Waals surface area (Å²) in [6.45, 7) is 3.07. The average molecular weight is 277 g/mol. The van der Waals surface area contributed by atoms with E-state index in [1.807, 2.05) is 4.90 Å². The first-order chi connectivity index (χ1) is 9.70. The summed E-state index contributed by atoms with van der Waals surface area (Å²) in [4.78, 5) is 25.5. The molecule has 5 nitrogen and oxygen atoms in total. The van der Waals surface area contributed by atoms with Crippen LogP contribution >= 0.6 is 0 Å². The quantitative estimate of drug-likeness (QED) is 0.717. The van der Waals surface area contributed by atoms with E-state index in [9.17, 15) is 9.59 Å². The summed E-state index contributed by atoms with van der Waals surface area (Å²) in [5.74, 6) is 2.86. The maximum Gasteiger partial charge on any atom is 0.237 e. The van der Waals surface area contributed by atoms with Gasteiger partial charge in [-0.1, -0.05) is 5.92 Å². The molecule has 0 saturated carbocycles. The number of amides is 2. The fourth-order valence-corrected chi connectivity index (χ4v) is 2.93. The van der Waals surface area contributed by atoms with Crippen LogP contribution in [0.5, 0.6) is 0 Å². The topological polar surface area (TPSA) is 61.4 Å². The van der Waals surface area contributed by atoms with Crippen LogP contribution in [0, 0.1) is 18.3 Å². The first-order valence-corrected chi connectivity index (χ1v) is 7.43. The van der Waals surface area contributed by atoms with Crippen molar-refractivity contribution in [2.24, 2.45) is 5.92 Å². The predicted molar refractivity (Wildman–Crippen MR) is 76.8 cm³/mol. The van der Waals surface area contributed by atoms with Gasteiger partial charge in [0.25, 0.3) is 0 Å². The van der Waals surface area contributed by atoms with E-state index in [0.29, 0.717) is 19.0 Å². The molecule has 2 N–H and O–H groups in total. The Balaban J connectivity index is 1.74. The molecule has 2 aliphatic rings. The van der Waals surface area contributed by atoms with Crippen molar-refractivity contribution >= 4 is 11.8 Å². The van der Waals surface area contributed by atoms with Gasteiger partial charge in [0.2, 0.25) is 11.8 Å². The molecule has 2 unspecified atom stereocenters. The van der Waals surface area contributed by atoms with Crippen molar-refractivity contribution in [3.63, 3.8) is 0 Å². The van der Waals surface area contributed by atoms with Gasteiger partial charge in [-0.15, -0.1) is 6.42 Å². The second kappa shape index (κ2) is 7.30. The Morgan fingerprint density at radius 2 is 2.20 bits per heavy atom. The van der Waals surface area contributed by atoms with E-state index in [2.05, 4.69) is 16.6 Å². The molecule has 2 amide bonds. The fraction of sp³-hybridized carbons (Fsp3) is 0.733. The molecular weight excluding hydrogens is 254 g/mol. The van der Waals surface area contributed by atoms with Crippen molar-refractivity contribution in [3.8, 4) is 12.3 Å². The maximum atomic E-state index is 11.9. The highest BCUT2D eigenvalue weighted by molar-refractivity contribution is 5.82. The molecule has 110 valence electrons. The van der Waals surface area contributed by atoms with E-state index in [-0.39, 0.29) is 24.3 Å². The van der Waals surface area contributed by atoms with E-state index < -0.39 is 0 Å². The molecule has 20 heavy (non-hydrogen) atoms. The van der Waals surface area contributed by atoms with Gasteiger partial charge in [-0.25, -0.2) is 0 Å². The first kappa shape index (κ1) is 14.9.